The molecular formula is C57H32N4S2. The van der Waals surface area contributed by atoms with Crippen LogP contribution in [0.25, 0.3) is 134 Å². The summed E-state index contributed by atoms with van der Waals surface area (Å²) in [5.41, 5.74) is 6.32. The van der Waals surface area contributed by atoms with Crippen molar-refractivity contribution in [3.63, 3.8) is 0 Å². The van der Waals surface area contributed by atoms with Crippen LogP contribution >= 0.6 is 22.7 Å². The first kappa shape index (κ1) is 34.9. The number of thiophene rings is 2. The van der Waals surface area contributed by atoms with Crippen molar-refractivity contribution in [3.8, 4) is 39.9 Å². The average Bonchev–Trinajstić information content (AvgIpc) is 4.01. The number of nitrogens with zero attached hydrogens (tertiary/aromatic N) is 4. The van der Waals surface area contributed by atoms with Gasteiger partial charge in [0.25, 0.3) is 0 Å². The second-order valence-corrected chi connectivity index (χ2v) is 18.5. The van der Waals surface area contributed by atoms with E-state index in [1.807, 2.05) is 22.7 Å². The summed E-state index contributed by atoms with van der Waals surface area (Å²) in [5.74, 6) is 1.94. The monoisotopic (exact) mass is 836 g/mol. The van der Waals surface area contributed by atoms with Crippen LogP contribution < -0.4 is 0 Å². The topological polar surface area (TPSA) is 43.6 Å². The Labute approximate surface area is 368 Å². The molecule has 0 atom stereocenters. The van der Waals surface area contributed by atoms with Crippen LogP contribution in [0.4, 0.5) is 0 Å². The van der Waals surface area contributed by atoms with Crippen molar-refractivity contribution in [2.75, 3.05) is 0 Å². The van der Waals surface area contributed by atoms with Gasteiger partial charge in [0.2, 0.25) is 0 Å². The van der Waals surface area contributed by atoms with Gasteiger partial charge in [-0.05, 0) is 93.0 Å². The van der Waals surface area contributed by atoms with E-state index in [2.05, 4.69) is 199 Å². The zero-order chi connectivity index (χ0) is 41.2. The van der Waals surface area contributed by atoms with E-state index in [4.69, 9.17) is 15.0 Å². The molecule has 6 heteroatoms. The largest absolute Gasteiger partial charge is 0.308 e. The highest BCUT2D eigenvalue weighted by Crippen LogP contribution is 2.45. The lowest BCUT2D eigenvalue weighted by Crippen LogP contribution is -2.02. The van der Waals surface area contributed by atoms with Crippen molar-refractivity contribution in [2.24, 2.45) is 0 Å². The van der Waals surface area contributed by atoms with Gasteiger partial charge in [0.15, 0.2) is 17.5 Å². The summed E-state index contributed by atoms with van der Waals surface area (Å²) >= 11 is 3.63. The number of aromatic nitrogens is 4. The van der Waals surface area contributed by atoms with Crippen molar-refractivity contribution in [1.82, 2.24) is 19.5 Å². The second kappa shape index (κ2) is 13.4. The Morgan fingerprint density at radius 1 is 0.317 bits per heavy atom. The first-order valence-electron chi connectivity index (χ1n) is 21.2. The Kier molecular flexibility index (Phi) is 7.40. The molecule has 0 spiro atoms. The quantitative estimate of drug-likeness (QED) is 0.177. The standard InChI is InChI=1S/C57H32N4S2/c1-2-13-34-26-39(25-24-33(34)12-1)55-58-56(60-57(59-55)43-20-11-23-51-53(43)41-18-7-9-21-49(41)62-51)40-31-48(54-42-19-8-10-22-50(42)63-52(54)32-40)61-46-29-37-16-5-3-14-35(37)27-44(46)45-28-36-15-4-6-17-38(36)30-47(45)61/h1-32H. The zero-order valence-electron chi connectivity index (χ0n) is 33.6. The molecule has 0 aliphatic carbocycles. The first-order chi connectivity index (χ1) is 31.2. The minimum absolute atomic E-state index is 0.636. The van der Waals surface area contributed by atoms with Crippen LogP contribution in [0, 0.1) is 0 Å². The molecule has 63 heavy (non-hydrogen) atoms. The van der Waals surface area contributed by atoms with Crippen molar-refractivity contribution in [1.29, 1.82) is 0 Å². The van der Waals surface area contributed by atoms with E-state index in [0.717, 1.165) is 38.8 Å². The van der Waals surface area contributed by atoms with E-state index in [-0.39, 0.29) is 0 Å². The van der Waals surface area contributed by atoms with E-state index in [1.165, 1.54) is 78.0 Å². The van der Waals surface area contributed by atoms with Gasteiger partial charge < -0.3 is 4.57 Å². The highest BCUT2D eigenvalue weighted by atomic mass is 32.1. The molecule has 4 aromatic heterocycles. The highest BCUT2D eigenvalue weighted by molar-refractivity contribution is 7.26. The third-order valence-corrected chi connectivity index (χ3v) is 15.0. The van der Waals surface area contributed by atoms with Crippen LogP contribution in [-0.2, 0) is 0 Å². The maximum absolute atomic E-state index is 5.47. The molecule has 292 valence electrons. The number of hydrogen-bond donors (Lipinski definition) is 0. The van der Waals surface area contributed by atoms with Crippen LogP contribution in [0.2, 0.25) is 0 Å². The minimum atomic E-state index is 0.636. The zero-order valence-corrected chi connectivity index (χ0v) is 35.2. The van der Waals surface area contributed by atoms with Crippen LogP contribution in [-0.4, -0.2) is 19.5 Å². The Morgan fingerprint density at radius 3 is 1.49 bits per heavy atom. The van der Waals surface area contributed by atoms with Crippen molar-refractivity contribution in [3.05, 3.63) is 194 Å². The fraction of sp³-hybridized carbons (Fsp3) is 0. The maximum atomic E-state index is 5.47. The lowest BCUT2D eigenvalue weighted by atomic mass is 10.0. The molecular weight excluding hydrogens is 805 g/mol. The van der Waals surface area contributed by atoms with Crippen LogP contribution in [0.1, 0.15) is 0 Å². The van der Waals surface area contributed by atoms with Crippen LogP contribution in [0.5, 0.6) is 0 Å². The Morgan fingerprint density at radius 2 is 0.825 bits per heavy atom. The SMILES string of the molecule is c1ccc2cc(-c3nc(-c4cc(-n5c6cc7ccccc7cc6c6cc7ccccc7cc65)c5c(c4)sc4ccccc45)nc(-c4cccc5sc6ccccc6c45)n3)ccc2c1. The smallest absolute Gasteiger partial charge is 0.164 e. The molecule has 14 rings (SSSR count). The summed E-state index contributed by atoms with van der Waals surface area (Å²) in [5, 5.41) is 14.5. The van der Waals surface area contributed by atoms with Gasteiger partial charge in [-0.25, -0.2) is 15.0 Å². The third-order valence-electron chi connectivity index (χ3n) is 12.7. The van der Waals surface area contributed by atoms with Crippen molar-refractivity contribution in [2.45, 2.75) is 0 Å². The van der Waals surface area contributed by atoms with Gasteiger partial charge in [0.1, 0.15) is 0 Å². The van der Waals surface area contributed by atoms with Gasteiger partial charge in [-0.2, -0.15) is 0 Å². The Balaban J connectivity index is 1.10. The third kappa shape index (κ3) is 5.35. The van der Waals surface area contributed by atoms with Gasteiger partial charge >= 0.3 is 0 Å². The molecule has 0 amide bonds. The predicted octanol–water partition coefficient (Wildman–Crippen LogP) is 16.2. The van der Waals surface area contributed by atoms with E-state index in [1.54, 1.807) is 0 Å². The van der Waals surface area contributed by atoms with Gasteiger partial charge in [-0.3, -0.25) is 0 Å². The molecule has 14 aromatic rings. The summed E-state index contributed by atoms with van der Waals surface area (Å²) < 4.78 is 7.38. The average molecular weight is 837 g/mol. The minimum Gasteiger partial charge on any atom is -0.308 e. The molecule has 0 radical (unpaired) electrons. The van der Waals surface area contributed by atoms with E-state index in [0.29, 0.717) is 17.5 Å². The lowest BCUT2D eigenvalue weighted by Gasteiger charge is -2.14. The summed E-state index contributed by atoms with van der Waals surface area (Å²) in [4.78, 5) is 16.2. The normalized spacial score (nSPS) is 12.1. The molecule has 0 saturated heterocycles. The molecule has 0 bridgehead atoms. The number of benzene rings is 10. The van der Waals surface area contributed by atoms with E-state index in [9.17, 15) is 0 Å². The molecule has 4 heterocycles. The summed E-state index contributed by atoms with van der Waals surface area (Å²) in [6.07, 6.45) is 0. The van der Waals surface area contributed by atoms with E-state index >= 15 is 0 Å². The highest BCUT2D eigenvalue weighted by Gasteiger charge is 2.23. The fourth-order valence-corrected chi connectivity index (χ4v) is 12.1. The predicted molar refractivity (Wildman–Crippen MR) is 269 cm³/mol. The maximum Gasteiger partial charge on any atom is 0.164 e. The van der Waals surface area contributed by atoms with Gasteiger partial charge in [0, 0.05) is 67.8 Å². The molecule has 0 aliphatic rings. The number of rotatable bonds is 4. The van der Waals surface area contributed by atoms with Crippen molar-refractivity contribution < 1.29 is 0 Å². The Bertz CT molecular complexity index is 4140. The Hall–Kier alpha value is -7.77. The fourth-order valence-electron chi connectivity index (χ4n) is 9.83. The molecule has 0 unspecified atom stereocenters. The number of fused-ring (bicyclic) bond motifs is 12. The van der Waals surface area contributed by atoms with Crippen LogP contribution in [0.3, 0.4) is 0 Å². The van der Waals surface area contributed by atoms with Gasteiger partial charge in [-0.15, -0.1) is 22.7 Å². The summed E-state index contributed by atoms with van der Waals surface area (Å²) in [6.45, 7) is 0. The van der Waals surface area contributed by atoms with Crippen molar-refractivity contribution >= 4 is 117 Å². The lowest BCUT2D eigenvalue weighted by molar-refractivity contribution is 1.08. The first-order valence-corrected chi connectivity index (χ1v) is 22.8. The molecule has 0 N–H and O–H groups in total. The second-order valence-electron chi connectivity index (χ2n) is 16.4. The summed E-state index contributed by atoms with van der Waals surface area (Å²) in [7, 11) is 0. The van der Waals surface area contributed by atoms with Crippen LogP contribution in [0.15, 0.2) is 194 Å². The molecule has 0 saturated carbocycles. The van der Waals surface area contributed by atoms with Gasteiger partial charge in [-0.1, -0.05) is 133 Å². The number of hydrogen-bond acceptors (Lipinski definition) is 5. The summed E-state index contributed by atoms with van der Waals surface area (Å²) in [6, 6.07) is 70.4. The molecule has 0 aliphatic heterocycles. The molecule has 4 nitrogen and oxygen atoms in total. The molecule has 10 aromatic carbocycles. The van der Waals surface area contributed by atoms with E-state index < -0.39 is 0 Å². The molecule has 0 fully saturated rings. The van der Waals surface area contributed by atoms with Gasteiger partial charge in [0.05, 0.1) is 16.7 Å².